The number of ketones is 2. The first-order valence-corrected chi connectivity index (χ1v) is 9.92. The lowest BCUT2D eigenvalue weighted by atomic mass is 9.89. The van der Waals surface area contributed by atoms with Crippen LogP contribution in [0.25, 0.3) is 0 Å². The summed E-state index contributed by atoms with van der Waals surface area (Å²) in [5, 5.41) is 8.63. The van der Waals surface area contributed by atoms with Crippen LogP contribution < -0.4 is 0 Å². The van der Waals surface area contributed by atoms with E-state index in [1.54, 1.807) is 6.08 Å². The number of hydrogen-bond donors (Lipinski definition) is 1. The third kappa shape index (κ3) is 8.46. The first-order chi connectivity index (χ1) is 12.0. The molecule has 0 spiro atoms. The minimum atomic E-state index is -0.742. The van der Waals surface area contributed by atoms with Gasteiger partial charge < -0.3 is 5.11 Å². The number of carbonyl (C=O) groups is 3. The summed E-state index contributed by atoms with van der Waals surface area (Å²) in [6.45, 7) is 4.11. The van der Waals surface area contributed by atoms with Gasteiger partial charge in [0, 0.05) is 24.7 Å². The molecule has 1 aliphatic carbocycles. The summed E-state index contributed by atoms with van der Waals surface area (Å²) in [4.78, 5) is 34.8. The Morgan fingerprint density at radius 1 is 1.08 bits per heavy atom. The number of carboxylic acids is 1. The Balaban J connectivity index is 2.39. The lowest BCUT2D eigenvalue weighted by Crippen LogP contribution is -2.15. The van der Waals surface area contributed by atoms with Crippen LogP contribution in [-0.2, 0) is 14.4 Å². The lowest BCUT2D eigenvalue weighted by Gasteiger charge is -2.14. The van der Waals surface area contributed by atoms with Crippen molar-refractivity contribution in [3.63, 3.8) is 0 Å². The van der Waals surface area contributed by atoms with Crippen molar-refractivity contribution in [3.8, 4) is 0 Å². The Hall–Kier alpha value is -1.45. The number of rotatable bonds is 13. The minimum Gasteiger partial charge on any atom is -0.481 e. The van der Waals surface area contributed by atoms with Crippen molar-refractivity contribution in [3.05, 3.63) is 12.2 Å². The van der Waals surface area contributed by atoms with Gasteiger partial charge >= 0.3 is 5.97 Å². The number of aliphatic carboxylic acids is 1. The van der Waals surface area contributed by atoms with Crippen molar-refractivity contribution in [2.75, 3.05) is 0 Å². The molecule has 0 aromatic carbocycles. The van der Waals surface area contributed by atoms with Crippen LogP contribution in [0.1, 0.15) is 84.5 Å². The van der Waals surface area contributed by atoms with Gasteiger partial charge in [-0.3, -0.25) is 14.4 Å². The summed E-state index contributed by atoms with van der Waals surface area (Å²) >= 11 is 0. The molecule has 4 heteroatoms. The summed E-state index contributed by atoms with van der Waals surface area (Å²) in [7, 11) is 0. The highest BCUT2D eigenvalue weighted by Gasteiger charge is 2.37. The van der Waals surface area contributed by atoms with Gasteiger partial charge in [-0.15, -0.1) is 0 Å². The molecular formula is C21H34O4. The first kappa shape index (κ1) is 21.6. The number of carbonyl (C=O) groups excluding carboxylic acids is 2. The van der Waals surface area contributed by atoms with Gasteiger partial charge in [0.05, 0.1) is 0 Å². The number of carboxylic acid groups (broad SMARTS) is 1. The minimum absolute atomic E-state index is 0.0363. The monoisotopic (exact) mass is 350 g/mol. The molecule has 0 bridgehead atoms. The van der Waals surface area contributed by atoms with E-state index in [0.717, 1.165) is 51.4 Å². The van der Waals surface area contributed by atoms with Gasteiger partial charge in [-0.05, 0) is 37.7 Å². The molecule has 1 rings (SSSR count). The largest absolute Gasteiger partial charge is 0.481 e. The van der Waals surface area contributed by atoms with Gasteiger partial charge in [0.25, 0.3) is 0 Å². The van der Waals surface area contributed by atoms with Gasteiger partial charge in [-0.1, -0.05) is 52.0 Å². The van der Waals surface area contributed by atoms with E-state index in [-0.39, 0.29) is 30.0 Å². The van der Waals surface area contributed by atoms with E-state index in [1.165, 1.54) is 0 Å². The number of unbranched alkanes of at least 4 members (excludes halogenated alkanes) is 5. The van der Waals surface area contributed by atoms with E-state index in [4.69, 9.17) is 5.11 Å². The molecule has 4 nitrogen and oxygen atoms in total. The molecule has 142 valence electrons. The topological polar surface area (TPSA) is 71.4 Å². The molecule has 1 aliphatic rings. The van der Waals surface area contributed by atoms with Crippen molar-refractivity contribution in [1.29, 1.82) is 0 Å². The molecule has 0 aromatic rings. The normalized spacial score (nSPS) is 23.4. The van der Waals surface area contributed by atoms with Gasteiger partial charge in [-0.25, -0.2) is 0 Å². The molecule has 0 aromatic heterocycles. The first-order valence-electron chi connectivity index (χ1n) is 9.92. The average molecular weight is 350 g/mol. The number of Topliss-reactive ketones (excluding diaryl/α,β-unsaturated/α-hetero) is 1. The van der Waals surface area contributed by atoms with Crippen LogP contribution in [0.2, 0.25) is 0 Å². The van der Waals surface area contributed by atoms with Crippen LogP contribution in [0.5, 0.6) is 0 Å². The molecule has 25 heavy (non-hydrogen) atoms. The van der Waals surface area contributed by atoms with Crippen LogP contribution in [0.15, 0.2) is 12.2 Å². The zero-order valence-corrected chi connectivity index (χ0v) is 15.8. The predicted octanol–water partition coefficient (Wildman–Crippen LogP) is 4.96. The summed E-state index contributed by atoms with van der Waals surface area (Å²) in [5.74, 6) is 0.0766. The Morgan fingerprint density at radius 2 is 1.76 bits per heavy atom. The van der Waals surface area contributed by atoms with E-state index < -0.39 is 5.97 Å². The van der Waals surface area contributed by atoms with Crippen molar-refractivity contribution in [1.82, 2.24) is 0 Å². The molecule has 3 atom stereocenters. The Bertz CT molecular complexity index is 467. The Labute approximate surface area is 152 Å². The maximum Gasteiger partial charge on any atom is 0.303 e. The average Bonchev–Trinajstić information content (AvgIpc) is 2.83. The van der Waals surface area contributed by atoms with E-state index in [0.29, 0.717) is 18.6 Å². The molecule has 1 fully saturated rings. The third-order valence-electron chi connectivity index (χ3n) is 5.21. The Morgan fingerprint density at radius 3 is 2.44 bits per heavy atom. The van der Waals surface area contributed by atoms with Crippen LogP contribution in [0.4, 0.5) is 0 Å². The fourth-order valence-corrected chi connectivity index (χ4v) is 3.69. The van der Waals surface area contributed by atoms with Crippen LogP contribution in [0.3, 0.4) is 0 Å². The van der Waals surface area contributed by atoms with Gasteiger partial charge in [0.1, 0.15) is 5.78 Å². The third-order valence-corrected chi connectivity index (χ3v) is 5.21. The standard InChI is InChI=1S/C21H34O4/c1-3-4-7-10-18(22)14-13-17-15-16(2)21(25)19(17)11-8-5-6-9-12-20(23)24/h13-14,16-17,19H,3-12,15H2,1-2H3,(H,23,24). The summed E-state index contributed by atoms with van der Waals surface area (Å²) in [6, 6.07) is 0. The lowest BCUT2D eigenvalue weighted by molar-refractivity contribution is -0.137. The second-order valence-corrected chi connectivity index (χ2v) is 7.44. The molecule has 0 aliphatic heterocycles. The molecule has 0 saturated heterocycles. The molecule has 0 amide bonds. The predicted molar refractivity (Wildman–Crippen MR) is 99.4 cm³/mol. The fourth-order valence-electron chi connectivity index (χ4n) is 3.69. The quantitative estimate of drug-likeness (QED) is 0.376. The maximum atomic E-state index is 12.4. The van der Waals surface area contributed by atoms with Gasteiger partial charge in [-0.2, -0.15) is 0 Å². The van der Waals surface area contributed by atoms with E-state index in [1.807, 2.05) is 13.0 Å². The summed E-state index contributed by atoms with van der Waals surface area (Å²) in [5.41, 5.74) is 0. The molecular weight excluding hydrogens is 316 g/mol. The Kier molecular flexibility index (Phi) is 10.4. The highest BCUT2D eigenvalue weighted by molar-refractivity contribution is 5.90. The van der Waals surface area contributed by atoms with E-state index in [9.17, 15) is 14.4 Å². The molecule has 3 unspecified atom stereocenters. The maximum absolute atomic E-state index is 12.4. The van der Waals surface area contributed by atoms with Gasteiger partial charge in [0.2, 0.25) is 0 Å². The van der Waals surface area contributed by atoms with Crippen molar-refractivity contribution < 1.29 is 19.5 Å². The highest BCUT2D eigenvalue weighted by Crippen LogP contribution is 2.37. The zero-order chi connectivity index (χ0) is 18.7. The number of allylic oxidation sites excluding steroid dienone is 2. The highest BCUT2D eigenvalue weighted by atomic mass is 16.4. The van der Waals surface area contributed by atoms with Crippen LogP contribution in [-0.4, -0.2) is 22.6 Å². The van der Waals surface area contributed by atoms with Crippen molar-refractivity contribution >= 4 is 17.5 Å². The smallest absolute Gasteiger partial charge is 0.303 e. The second-order valence-electron chi connectivity index (χ2n) is 7.44. The summed E-state index contributed by atoms with van der Waals surface area (Å²) < 4.78 is 0. The SMILES string of the molecule is CCCCCC(=O)C=CC1CC(C)C(=O)C1CCCCCCC(=O)O. The van der Waals surface area contributed by atoms with Gasteiger partial charge in [0.15, 0.2) is 5.78 Å². The van der Waals surface area contributed by atoms with Crippen LogP contribution >= 0.6 is 0 Å². The zero-order valence-electron chi connectivity index (χ0n) is 15.8. The molecule has 1 saturated carbocycles. The second kappa shape index (κ2) is 12.0. The number of hydrogen-bond acceptors (Lipinski definition) is 3. The molecule has 1 N–H and O–H groups in total. The van der Waals surface area contributed by atoms with Crippen molar-refractivity contribution in [2.45, 2.75) is 84.5 Å². The summed E-state index contributed by atoms with van der Waals surface area (Å²) in [6.07, 6.45) is 12.9. The van der Waals surface area contributed by atoms with E-state index >= 15 is 0 Å². The van der Waals surface area contributed by atoms with Crippen molar-refractivity contribution in [2.24, 2.45) is 17.8 Å². The molecule has 0 heterocycles. The van der Waals surface area contributed by atoms with E-state index in [2.05, 4.69) is 6.92 Å². The fraction of sp³-hybridized carbons (Fsp3) is 0.762. The molecule has 0 radical (unpaired) electrons. The van der Waals surface area contributed by atoms with Crippen LogP contribution in [0, 0.1) is 17.8 Å².